The highest BCUT2D eigenvalue weighted by Gasteiger charge is 2.42. The van der Waals surface area contributed by atoms with Crippen LogP contribution in [-0.2, 0) is 4.79 Å². The molecule has 1 N–H and O–H groups in total. The SMILES string of the molecule is CCCCCNC(=O)C1CSC(C(C)C)N1C(=O)c1ccc(F)cc1. The molecular formula is C19H27FN2O2S. The molecule has 1 saturated heterocycles. The molecule has 2 rings (SSSR count). The van der Waals surface area contributed by atoms with Gasteiger partial charge in [0.25, 0.3) is 5.91 Å². The minimum atomic E-state index is -0.475. The first-order chi connectivity index (χ1) is 12.0. The molecule has 1 heterocycles. The van der Waals surface area contributed by atoms with Crippen molar-refractivity contribution in [1.29, 1.82) is 0 Å². The number of hydrogen-bond acceptors (Lipinski definition) is 3. The second-order valence-electron chi connectivity index (χ2n) is 6.70. The number of nitrogens with zero attached hydrogens (tertiary/aromatic N) is 1. The predicted octanol–water partition coefficient (Wildman–Crippen LogP) is 3.67. The van der Waals surface area contributed by atoms with Gasteiger partial charge in [0, 0.05) is 17.9 Å². The maximum absolute atomic E-state index is 13.1. The molecule has 1 aromatic carbocycles. The Morgan fingerprint density at radius 3 is 2.56 bits per heavy atom. The number of halogens is 1. The van der Waals surface area contributed by atoms with Crippen LogP contribution in [0.2, 0.25) is 0 Å². The smallest absolute Gasteiger partial charge is 0.255 e. The molecule has 1 aliphatic heterocycles. The van der Waals surface area contributed by atoms with Crippen LogP contribution >= 0.6 is 11.8 Å². The summed E-state index contributed by atoms with van der Waals surface area (Å²) in [7, 11) is 0. The summed E-state index contributed by atoms with van der Waals surface area (Å²) >= 11 is 1.64. The van der Waals surface area contributed by atoms with Crippen LogP contribution < -0.4 is 5.32 Å². The van der Waals surface area contributed by atoms with E-state index in [1.165, 1.54) is 24.3 Å². The second kappa shape index (κ2) is 9.22. The van der Waals surface area contributed by atoms with Crippen molar-refractivity contribution in [2.45, 2.75) is 51.4 Å². The van der Waals surface area contributed by atoms with Gasteiger partial charge in [-0.15, -0.1) is 11.8 Å². The Balaban J connectivity index is 2.14. The third-order valence-electron chi connectivity index (χ3n) is 4.31. The molecule has 1 aromatic rings. The fourth-order valence-corrected chi connectivity index (χ4v) is 4.43. The van der Waals surface area contributed by atoms with Gasteiger partial charge in [-0.1, -0.05) is 33.6 Å². The zero-order valence-electron chi connectivity index (χ0n) is 15.1. The zero-order valence-corrected chi connectivity index (χ0v) is 15.9. The Bertz CT molecular complexity index is 592. The Kier molecular flexibility index (Phi) is 7.29. The Morgan fingerprint density at radius 2 is 1.96 bits per heavy atom. The lowest BCUT2D eigenvalue weighted by atomic mass is 10.1. The van der Waals surface area contributed by atoms with Crippen LogP contribution in [0.15, 0.2) is 24.3 Å². The van der Waals surface area contributed by atoms with Crippen molar-refractivity contribution in [2.75, 3.05) is 12.3 Å². The molecule has 0 aliphatic carbocycles. The van der Waals surface area contributed by atoms with E-state index in [-0.39, 0.29) is 28.9 Å². The van der Waals surface area contributed by atoms with Crippen molar-refractivity contribution < 1.29 is 14.0 Å². The normalized spacial score (nSPS) is 20.1. The van der Waals surface area contributed by atoms with Gasteiger partial charge in [0.2, 0.25) is 5.91 Å². The van der Waals surface area contributed by atoms with E-state index in [4.69, 9.17) is 0 Å². The number of thioether (sulfide) groups is 1. The molecule has 2 amide bonds. The minimum Gasteiger partial charge on any atom is -0.354 e. The van der Waals surface area contributed by atoms with Crippen LogP contribution in [-0.4, -0.2) is 40.4 Å². The summed E-state index contributed by atoms with van der Waals surface area (Å²) in [4.78, 5) is 27.3. The molecule has 1 fully saturated rings. The number of carbonyl (C=O) groups is 2. The molecule has 2 atom stereocenters. The molecule has 25 heavy (non-hydrogen) atoms. The van der Waals surface area contributed by atoms with Gasteiger partial charge in [0.15, 0.2) is 0 Å². The van der Waals surface area contributed by atoms with Crippen LogP contribution in [0, 0.1) is 11.7 Å². The van der Waals surface area contributed by atoms with E-state index < -0.39 is 6.04 Å². The predicted molar refractivity (Wildman–Crippen MR) is 100.0 cm³/mol. The van der Waals surface area contributed by atoms with Gasteiger partial charge in [-0.25, -0.2) is 4.39 Å². The summed E-state index contributed by atoms with van der Waals surface area (Å²) in [5.74, 6) is 0.139. The molecule has 0 bridgehead atoms. The van der Waals surface area contributed by atoms with Crippen molar-refractivity contribution in [1.82, 2.24) is 10.2 Å². The van der Waals surface area contributed by atoms with E-state index >= 15 is 0 Å². The molecule has 4 nitrogen and oxygen atoms in total. The average molecular weight is 367 g/mol. The Hall–Kier alpha value is -1.56. The van der Waals surface area contributed by atoms with Crippen LogP contribution in [0.5, 0.6) is 0 Å². The maximum Gasteiger partial charge on any atom is 0.255 e. The summed E-state index contributed by atoms with van der Waals surface area (Å²) in [6.07, 6.45) is 3.12. The van der Waals surface area contributed by atoms with Crippen molar-refractivity contribution in [3.05, 3.63) is 35.6 Å². The monoisotopic (exact) mass is 366 g/mol. The number of carbonyl (C=O) groups excluding carboxylic acids is 2. The zero-order chi connectivity index (χ0) is 18.4. The van der Waals surface area contributed by atoms with Crippen LogP contribution in [0.1, 0.15) is 50.4 Å². The Labute approximate surface area is 153 Å². The van der Waals surface area contributed by atoms with Crippen molar-refractivity contribution in [2.24, 2.45) is 5.92 Å². The van der Waals surface area contributed by atoms with E-state index in [1.807, 2.05) is 13.8 Å². The van der Waals surface area contributed by atoms with E-state index in [9.17, 15) is 14.0 Å². The fourth-order valence-electron chi connectivity index (χ4n) is 2.95. The second-order valence-corrected chi connectivity index (χ2v) is 7.85. The molecule has 0 spiro atoms. The summed E-state index contributed by atoms with van der Waals surface area (Å²) < 4.78 is 13.1. The third-order valence-corrected chi connectivity index (χ3v) is 5.93. The minimum absolute atomic E-state index is 0.0519. The molecule has 0 radical (unpaired) electrons. The van der Waals surface area contributed by atoms with Gasteiger partial charge in [0.1, 0.15) is 11.9 Å². The summed E-state index contributed by atoms with van der Waals surface area (Å²) in [6.45, 7) is 6.85. The lowest BCUT2D eigenvalue weighted by molar-refractivity contribution is -0.124. The summed E-state index contributed by atoms with van der Waals surface area (Å²) in [5.41, 5.74) is 0.415. The van der Waals surface area contributed by atoms with E-state index in [0.717, 1.165) is 19.3 Å². The van der Waals surface area contributed by atoms with Gasteiger partial charge in [0.05, 0.1) is 5.37 Å². The first-order valence-corrected chi connectivity index (χ1v) is 9.98. The highest BCUT2D eigenvalue weighted by atomic mass is 32.2. The van der Waals surface area contributed by atoms with Crippen molar-refractivity contribution in [3.63, 3.8) is 0 Å². The third kappa shape index (κ3) is 4.97. The van der Waals surface area contributed by atoms with Gasteiger partial charge < -0.3 is 10.2 Å². The largest absolute Gasteiger partial charge is 0.354 e. The first-order valence-electron chi connectivity index (χ1n) is 8.93. The standard InChI is InChI=1S/C19H27FN2O2S/c1-4-5-6-11-21-17(23)16-12-25-19(13(2)3)22(16)18(24)14-7-9-15(20)10-8-14/h7-10,13,16,19H,4-6,11-12H2,1-3H3,(H,21,23). The maximum atomic E-state index is 13.1. The van der Waals surface area contributed by atoms with Crippen molar-refractivity contribution in [3.8, 4) is 0 Å². The molecule has 0 aromatic heterocycles. The fraction of sp³-hybridized carbons (Fsp3) is 0.579. The lowest BCUT2D eigenvalue weighted by Gasteiger charge is -2.31. The van der Waals surface area contributed by atoms with Gasteiger partial charge in [-0.05, 0) is 36.6 Å². The molecule has 1 aliphatic rings. The number of benzene rings is 1. The summed E-state index contributed by atoms with van der Waals surface area (Å²) in [6, 6.07) is 5.04. The number of unbranched alkanes of at least 4 members (excludes halogenated alkanes) is 2. The van der Waals surface area contributed by atoms with Crippen molar-refractivity contribution >= 4 is 23.6 Å². The number of rotatable bonds is 7. The van der Waals surface area contributed by atoms with Crippen LogP contribution in [0.3, 0.4) is 0 Å². The molecule has 138 valence electrons. The quantitative estimate of drug-likeness (QED) is 0.749. The van der Waals surface area contributed by atoms with Gasteiger partial charge >= 0.3 is 0 Å². The lowest BCUT2D eigenvalue weighted by Crippen LogP contribution is -2.51. The Morgan fingerprint density at radius 1 is 1.28 bits per heavy atom. The van der Waals surface area contributed by atoms with Gasteiger partial charge in [-0.2, -0.15) is 0 Å². The van der Waals surface area contributed by atoms with Gasteiger partial charge in [-0.3, -0.25) is 9.59 Å². The first kappa shape index (κ1) is 19.8. The van der Waals surface area contributed by atoms with Crippen LogP contribution in [0.4, 0.5) is 4.39 Å². The van der Waals surface area contributed by atoms with E-state index in [2.05, 4.69) is 12.2 Å². The highest BCUT2D eigenvalue weighted by molar-refractivity contribution is 8.00. The molecule has 0 saturated carbocycles. The molecule has 6 heteroatoms. The number of amides is 2. The van der Waals surface area contributed by atoms with Crippen LogP contribution in [0.25, 0.3) is 0 Å². The molecule has 2 unspecified atom stereocenters. The molecular weight excluding hydrogens is 339 g/mol. The van der Waals surface area contributed by atoms with E-state index in [1.54, 1.807) is 16.7 Å². The van der Waals surface area contributed by atoms with E-state index in [0.29, 0.717) is 17.9 Å². The number of hydrogen-bond donors (Lipinski definition) is 1. The highest BCUT2D eigenvalue weighted by Crippen LogP contribution is 2.35. The average Bonchev–Trinajstić information content (AvgIpc) is 3.04. The topological polar surface area (TPSA) is 49.4 Å². The summed E-state index contributed by atoms with van der Waals surface area (Å²) in [5, 5.41) is 2.91. The number of nitrogens with one attached hydrogen (secondary N) is 1.